The van der Waals surface area contributed by atoms with Gasteiger partial charge in [-0.1, -0.05) is 0 Å². The van der Waals surface area contributed by atoms with E-state index in [0.29, 0.717) is 4.90 Å². The molecule has 2 fully saturated rings. The quantitative estimate of drug-likeness (QED) is 0.607. The summed E-state index contributed by atoms with van der Waals surface area (Å²) in [6, 6.07) is 7.89. The first-order valence-corrected chi connectivity index (χ1v) is 9.21. The summed E-state index contributed by atoms with van der Waals surface area (Å²) in [6.45, 7) is 1.93. The van der Waals surface area contributed by atoms with Crippen LogP contribution in [0.1, 0.15) is 32.1 Å². The summed E-state index contributed by atoms with van der Waals surface area (Å²) in [5.74, 6) is 0. The topological polar surface area (TPSA) is 70.2 Å². The molecule has 2 saturated carbocycles. The molecule has 2 aliphatic rings. The van der Waals surface area contributed by atoms with Crippen molar-refractivity contribution in [1.29, 1.82) is 0 Å². The van der Waals surface area contributed by atoms with Gasteiger partial charge in [0.1, 0.15) is 0 Å². The van der Waals surface area contributed by atoms with Gasteiger partial charge in [0.05, 0.1) is 4.90 Å². The van der Waals surface area contributed by atoms with Crippen LogP contribution in [0.2, 0.25) is 0 Å². The lowest BCUT2D eigenvalue weighted by Gasteiger charge is -2.09. The van der Waals surface area contributed by atoms with Gasteiger partial charge in [0.25, 0.3) is 0 Å². The molecule has 0 spiro atoms. The lowest BCUT2D eigenvalue weighted by molar-refractivity contribution is 0.581. The van der Waals surface area contributed by atoms with Gasteiger partial charge in [0, 0.05) is 24.3 Å². The molecule has 1 aromatic carbocycles. The van der Waals surface area contributed by atoms with Gasteiger partial charge in [-0.3, -0.25) is 0 Å². The average molecular weight is 309 g/mol. The third-order valence-electron chi connectivity index (χ3n) is 3.76. The molecular formula is C15H23N3O2S. The Morgan fingerprint density at radius 3 is 2.24 bits per heavy atom. The van der Waals surface area contributed by atoms with Crippen molar-refractivity contribution in [1.82, 2.24) is 10.0 Å². The zero-order valence-corrected chi connectivity index (χ0v) is 13.0. The van der Waals surface area contributed by atoms with E-state index in [1.165, 1.54) is 12.8 Å². The van der Waals surface area contributed by atoms with Gasteiger partial charge >= 0.3 is 0 Å². The monoisotopic (exact) mass is 309 g/mol. The van der Waals surface area contributed by atoms with Gasteiger partial charge in [-0.2, -0.15) is 0 Å². The van der Waals surface area contributed by atoms with Crippen LogP contribution in [-0.2, 0) is 10.0 Å². The van der Waals surface area contributed by atoms with Crippen LogP contribution in [0.15, 0.2) is 29.2 Å². The number of anilines is 1. The van der Waals surface area contributed by atoms with E-state index in [1.807, 2.05) is 12.1 Å². The summed E-state index contributed by atoms with van der Waals surface area (Å²) in [5.41, 5.74) is 0.965. The largest absolute Gasteiger partial charge is 0.385 e. The second-order valence-electron chi connectivity index (χ2n) is 5.93. The van der Waals surface area contributed by atoms with E-state index in [4.69, 9.17) is 0 Å². The summed E-state index contributed by atoms with van der Waals surface area (Å²) in [5, 5.41) is 6.78. The van der Waals surface area contributed by atoms with Crippen LogP contribution in [-0.4, -0.2) is 33.6 Å². The first-order chi connectivity index (χ1) is 10.1. The van der Waals surface area contributed by atoms with Crippen molar-refractivity contribution >= 4 is 15.7 Å². The lowest BCUT2D eigenvalue weighted by Crippen LogP contribution is -2.25. The number of nitrogens with one attached hydrogen (secondary N) is 3. The summed E-state index contributed by atoms with van der Waals surface area (Å²) >= 11 is 0. The zero-order valence-electron chi connectivity index (χ0n) is 12.1. The fraction of sp³-hybridized carbons (Fsp3) is 0.600. The van der Waals surface area contributed by atoms with E-state index in [9.17, 15) is 8.42 Å². The highest BCUT2D eigenvalue weighted by Crippen LogP contribution is 2.22. The third-order valence-corrected chi connectivity index (χ3v) is 5.29. The second kappa shape index (κ2) is 6.34. The van der Waals surface area contributed by atoms with Crippen molar-refractivity contribution in [3.8, 4) is 0 Å². The molecule has 0 unspecified atom stereocenters. The van der Waals surface area contributed by atoms with Crippen molar-refractivity contribution < 1.29 is 8.42 Å². The van der Waals surface area contributed by atoms with Crippen LogP contribution in [0.25, 0.3) is 0 Å². The predicted molar refractivity (Wildman–Crippen MR) is 83.9 cm³/mol. The van der Waals surface area contributed by atoms with E-state index in [1.54, 1.807) is 12.1 Å². The van der Waals surface area contributed by atoms with Gasteiger partial charge in [-0.15, -0.1) is 0 Å². The number of sulfonamides is 1. The molecule has 3 N–H and O–H groups in total. The van der Waals surface area contributed by atoms with Gasteiger partial charge in [-0.05, 0) is 62.9 Å². The number of benzene rings is 1. The molecule has 0 aromatic heterocycles. The number of hydrogen-bond acceptors (Lipinski definition) is 4. The van der Waals surface area contributed by atoms with E-state index >= 15 is 0 Å². The van der Waals surface area contributed by atoms with Gasteiger partial charge in [0.2, 0.25) is 10.0 Å². The van der Waals surface area contributed by atoms with Crippen molar-refractivity contribution in [2.24, 2.45) is 0 Å². The molecule has 0 radical (unpaired) electrons. The van der Waals surface area contributed by atoms with Gasteiger partial charge in [0.15, 0.2) is 0 Å². The molecule has 1 aromatic rings. The molecular weight excluding hydrogens is 286 g/mol. The minimum atomic E-state index is -3.33. The molecule has 0 aliphatic heterocycles. The predicted octanol–water partition coefficient (Wildman–Crippen LogP) is 1.68. The van der Waals surface area contributed by atoms with Crippen LogP contribution in [0.4, 0.5) is 5.69 Å². The highest BCUT2D eigenvalue weighted by Gasteiger charge is 2.27. The minimum Gasteiger partial charge on any atom is -0.385 e. The molecule has 0 amide bonds. The Hall–Kier alpha value is -1.11. The van der Waals surface area contributed by atoms with Crippen LogP contribution in [0, 0.1) is 0 Å². The molecule has 5 nitrogen and oxygen atoms in total. The highest BCUT2D eigenvalue weighted by molar-refractivity contribution is 7.89. The molecule has 0 atom stereocenters. The molecule has 2 aliphatic carbocycles. The molecule has 0 bridgehead atoms. The highest BCUT2D eigenvalue weighted by atomic mass is 32.2. The van der Waals surface area contributed by atoms with E-state index in [-0.39, 0.29) is 6.04 Å². The lowest BCUT2D eigenvalue weighted by atomic mass is 10.3. The summed E-state index contributed by atoms with van der Waals surface area (Å²) < 4.78 is 26.7. The van der Waals surface area contributed by atoms with E-state index in [0.717, 1.165) is 44.1 Å². The SMILES string of the molecule is O=S(=O)(NC1CC1)c1ccc(NCCCNC2CC2)cc1. The second-order valence-corrected chi connectivity index (χ2v) is 7.64. The van der Waals surface area contributed by atoms with Crippen LogP contribution < -0.4 is 15.4 Å². The maximum absolute atomic E-state index is 12.0. The average Bonchev–Trinajstić information content (AvgIpc) is 3.34. The van der Waals surface area contributed by atoms with Gasteiger partial charge < -0.3 is 10.6 Å². The standard InChI is InChI=1S/C15H23N3O2S/c19-21(20,18-14-4-5-14)15-8-6-13(7-9-15)17-11-1-10-16-12-2-3-12/h6-9,12,14,16-18H,1-5,10-11H2. The Morgan fingerprint density at radius 1 is 0.952 bits per heavy atom. The Balaban J connectivity index is 1.44. The molecule has 0 heterocycles. The molecule has 6 heteroatoms. The fourth-order valence-electron chi connectivity index (χ4n) is 2.16. The molecule has 116 valence electrons. The van der Waals surface area contributed by atoms with Crippen molar-refractivity contribution in [2.45, 2.75) is 49.1 Å². The maximum atomic E-state index is 12.0. The third kappa shape index (κ3) is 4.69. The first kappa shape index (κ1) is 14.8. The maximum Gasteiger partial charge on any atom is 0.240 e. The van der Waals surface area contributed by atoms with E-state index in [2.05, 4.69) is 15.4 Å². The Morgan fingerprint density at radius 2 is 1.62 bits per heavy atom. The Bertz CT molecular complexity index is 563. The van der Waals surface area contributed by atoms with E-state index < -0.39 is 10.0 Å². The minimum absolute atomic E-state index is 0.145. The van der Waals surface area contributed by atoms with Crippen LogP contribution in [0.3, 0.4) is 0 Å². The van der Waals surface area contributed by atoms with Crippen molar-refractivity contribution in [3.63, 3.8) is 0 Å². The number of hydrogen-bond donors (Lipinski definition) is 3. The number of rotatable bonds is 9. The zero-order chi connectivity index (χ0) is 14.7. The fourth-order valence-corrected chi connectivity index (χ4v) is 3.46. The van der Waals surface area contributed by atoms with Crippen LogP contribution >= 0.6 is 0 Å². The molecule has 3 rings (SSSR count). The van der Waals surface area contributed by atoms with Crippen LogP contribution in [0.5, 0.6) is 0 Å². The normalized spacial score (nSPS) is 18.7. The first-order valence-electron chi connectivity index (χ1n) is 7.73. The Labute approximate surface area is 126 Å². The smallest absolute Gasteiger partial charge is 0.240 e. The van der Waals surface area contributed by atoms with Crippen molar-refractivity contribution in [2.75, 3.05) is 18.4 Å². The Kier molecular flexibility index (Phi) is 4.47. The van der Waals surface area contributed by atoms with Crippen molar-refractivity contribution in [3.05, 3.63) is 24.3 Å². The summed E-state index contributed by atoms with van der Waals surface area (Å²) in [7, 11) is -3.33. The summed E-state index contributed by atoms with van der Waals surface area (Å²) in [4.78, 5) is 0.343. The van der Waals surface area contributed by atoms with Gasteiger partial charge in [-0.25, -0.2) is 13.1 Å². The molecule has 21 heavy (non-hydrogen) atoms. The summed E-state index contributed by atoms with van der Waals surface area (Å²) in [6.07, 6.45) is 5.61. The molecule has 0 saturated heterocycles.